The van der Waals surface area contributed by atoms with Crippen LogP contribution in [0.1, 0.15) is 24.6 Å². The van der Waals surface area contributed by atoms with Crippen LogP contribution >= 0.6 is 0 Å². The lowest BCUT2D eigenvalue weighted by molar-refractivity contribution is 0.738. The molecule has 2 heteroatoms. The lowest BCUT2D eigenvalue weighted by Crippen LogP contribution is -2.00. The maximum atomic E-state index is 4.88. The first-order chi connectivity index (χ1) is 12.7. The fraction of sp³-hybridized carbons (Fsp3) is 0.167. The Morgan fingerprint density at radius 1 is 0.846 bits per heavy atom. The van der Waals surface area contributed by atoms with Crippen molar-refractivity contribution in [1.82, 2.24) is 9.97 Å². The molecule has 4 rings (SSSR count). The van der Waals surface area contributed by atoms with Gasteiger partial charge in [0.1, 0.15) is 0 Å². The van der Waals surface area contributed by atoms with Crippen molar-refractivity contribution in [1.29, 1.82) is 0 Å². The number of hydrogen-bond acceptors (Lipinski definition) is 2. The quantitative estimate of drug-likeness (QED) is 0.577. The van der Waals surface area contributed by atoms with Gasteiger partial charge < -0.3 is 0 Å². The third-order valence-electron chi connectivity index (χ3n) is 4.72. The minimum Gasteiger partial charge on any atom is -0.228 e. The van der Waals surface area contributed by atoms with Crippen LogP contribution in [-0.2, 0) is 0 Å². The molecular weight excluding hydrogens is 316 g/mol. The summed E-state index contributed by atoms with van der Waals surface area (Å²) < 4.78 is 0. The smallest absolute Gasteiger partial charge is 0.160 e. The standard InChI is InChI=1S/C24H22N2/c1-17-8-12-20(13-9-17)23-16-22(19-6-4-3-5-7-19)25-24(26-23)21-14-10-18(2)11-15-21/h3-8,10-17H,9H2,1-2H3. The fourth-order valence-corrected chi connectivity index (χ4v) is 3.10. The van der Waals surface area contributed by atoms with E-state index >= 15 is 0 Å². The first-order valence-electron chi connectivity index (χ1n) is 9.09. The summed E-state index contributed by atoms with van der Waals surface area (Å²) in [6.45, 7) is 4.33. The monoisotopic (exact) mass is 338 g/mol. The molecule has 0 saturated heterocycles. The summed E-state index contributed by atoms with van der Waals surface area (Å²) in [5.41, 5.74) is 6.51. The second-order valence-electron chi connectivity index (χ2n) is 6.93. The molecular formula is C24H22N2. The van der Waals surface area contributed by atoms with Gasteiger partial charge in [-0.05, 0) is 30.9 Å². The van der Waals surface area contributed by atoms with Gasteiger partial charge in [-0.2, -0.15) is 0 Å². The molecule has 3 aromatic rings. The molecule has 0 amide bonds. The molecule has 0 N–H and O–H groups in total. The fourth-order valence-electron chi connectivity index (χ4n) is 3.10. The van der Waals surface area contributed by atoms with Crippen molar-refractivity contribution >= 4 is 5.57 Å². The Kier molecular flexibility index (Phi) is 4.49. The number of aromatic nitrogens is 2. The molecule has 1 heterocycles. The van der Waals surface area contributed by atoms with Crippen molar-refractivity contribution in [3.05, 3.63) is 90.1 Å². The SMILES string of the molecule is Cc1ccc(-c2nc(C3=CCC(C)C=C3)cc(-c3ccccc3)n2)cc1. The molecule has 0 bridgehead atoms. The summed E-state index contributed by atoms with van der Waals surface area (Å²) in [6.07, 6.45) is 7.77. The van der Waals surface area contributed by atoms with Crippen LogP contribution in [0.25, 0.3) is 28.2 Å². The molecule has 2 aromatic carbocycles. The van der Waals surface area contributed by atoms with Crippen LogP contribution in [0.4, 0.5) is 0 Å². The van der Waals surface area contributed by atoms with Crippen molar-refractivity contribution < 1.29 is 0 Å². The molecule has 1 aliphatic rings. The van der Waals surface area contributed by atoms with E-state index in [4.69, 9.17) is 9.97 Å². The van der Waals surface area contributed by atoms with Crippen molar-refractivity contribution in [2.75, 3.05) is 0 Å². The Morgan fingerprint density at radius 3 is 2.27 bits per heavy atom. The lowest BCUT2D eigenvalue weighted by atomic mass is 9.96. The first-order valence-corrected chi connectivity index (χ1v) is 9.09. The van der Waals surface area contributed by atoms with Gasteiger partial charge in [-0.25, -0.2) is 9.97 Å². The molecule has 2 nitrogen and oxygen atoms in total. The molecule has 0 fully saturated rings. The Hall–Kier alpha value is -3.00. The number of aryl methyl sites for hydroxylation is 1. The molecule has 0 radical (unpaired) electrons. The van der Waals surface area contributed by atoms with Gasteiger partial charge in [0.15, 0.2) is 5.82 Å². The van der Waals surface area contributed by atoms with E-state index in [1.165, 1.54) is 11.1 Å². The van der Waals surface area contributed by atoms with Gasteiger partial charge in [0.05, 0.1) is 11.4 Å². The molecule has 26 heavy (non-hydrogen) atoms. The van der Waals surface area contributed by atoms with Crippen molar-refractivity contribution in [3.63, 3.8) is 0 Å². The number of rotatable bonds is 3. The molecule has 0 aliphatic heterocycles. The van der Waals surface area contributed by atoms with Gasteiger partial charge >= 0.3 is 0 Å². The minimum atomic E-state index is 0.589. The van der Waals surface area contributed by atoms with Crippen molar-refractivity contribution in [2.24, 2.45) is 5.92 Å². The van der Waals surface area contributed by atoms with Crippen LogP contribution in [-0.4, -0.2) is 9.97 Å². The maximum Gasteiger partial charge on any atom is 0.160 e. The van der Waals surface area contributed by atoms with E-state index in [0.29, 0.717) is 5.92 Å². The van der Waals surface area contributed by atoms with E-state index in [9.17, 15) is 0 Å². The molecule has 1 unspecified atom stereocenters. The highest BCUT2D eigenvalue weighted by Gasteiger charge is 2.12. The number of nitrogens with zero attached hydrogens (tertiary/aromatic N) is 2. The second kappa shape index (κ2) is 7.09. The number of benzene rings is 2. The van der Waals surface area contributed by atoms with Crippen LogP contribution in [0.15, 0.2) is 78.9 Å². The topological polar surface area (TPSA) is 25.8 Å². The zero-order valence-corrected chi connectivity index (χ0v) is 15.2. The van der Waals surface area contributed by atoms with Crippen molar-refractivity contribution in [2.45, 2.75) is 20.3 Å². The average molecular weight is 338 g/mol. The zero-order valence-electron chi connectivity index (χ0n) is 15.2. The van der Waals surface area contributed by atoms with Gasteiger partial charge in [-0.1, -0.05) is 85.3 Å². The molecule has 128 valence electrons. The van der Waals surface area contributed by atoms with E-state index < -0.39 is 0 Å². The summed E-state index contributed by atoms with van der Waals surface area (Å²) in [4.78, 5) is 9.73. The third kappa shape index (κ3) is 3.50. The van der Waals surface area contributed by atoms with Gasteiger partial charge in [0.25, 0.3) is 0 Å². The Bertz CT molecular complexity index is 967. The Labute approximate surface area is 155 Å². The normalized spacial score (nSPS) is 16.4. The lowest BCUT2D eigenvalue weighted by Gasteiger charge is -2.14. The van der Waals surface area contributed by atoms with Gasteiger partial charge in [0, 0.05) is 11.1 Å². The largest absolute Gasteiger partial charge is 0.228 e. The summed E-state index contributed by atoms with van der Waals surface area (Å²) in [5, 5.41) is 0. The van der Waals surface area contributed by atoms with Crippen molar-refractivity contribution in [3.8, 4) is 22.6 Å². The highest BCUT2D eigenvalue weighted by atomic mass is 14.9. The van der Waals surface area contributed by atoms with Gasteiger partial charge in [0.2, 0.25) is 0 Å². The molecule has 1 aromatic heterocycles. The predicted octanol–water partition coefficient (Wildman–Crippen LogP) is 6.10. The number of hydrogen-bond donors (Lipinski definition) is 0. The zero-order chi connectivity index (χ0) is 17.9. The number of allylic oxidation sites excluding steroid dienone is 4. The van der Waals surface area contributed by atoms with Crippen LogP contribution in [0.2, 0.25) is 0 Å². The molecule has 0 saturated carbocycles. The van der Waals surface area contributed by atoms with Crippen LogP contribution < -0.4 is 0 Å². The second-order valence-corrected chi connectivity index (χ2v) is 6.93. The highest BCUT2D eigenvalue weighted by molar-refractivity contribution is 5.77. The van der Waals surface area contributed by atoms with E-state index in [2.05, 4.69) is 74.5 Å². The van der Waals surface area contributed by atoms with E-state index in [1.54, 1.807) is 0 Å². The predicted molar refractivity (Wildman–Crippen MR) is 109 cm³/mol. The summed E-state index contributed by atoms with van der Waals surface area (Å²) in [5.74, 6) is 1.36. The summed E-state index contributed by atoms with van der Waals surface area (Å²) in [7, 11) is 0. The van der Waals surface area contributed by atoms with E-state index in [1.807, 2.05) is 18.2 Å². The molecule has 1 aliphatic carbocycles. The van der Waals surface area contributed by atoms with Crippen LogP contribution in [0.3, 0.4) is 0 Å². The average Bonchev–Trinajstić information content (AvgIpc) is 2.69. The highest BCUT2D eigenvalue weighted by Crippen LogP contribution is 2.28. The van der Waals surface area contributed by atoms with Crippen LogP contribution in [0.5, 0.6) is 0 Å². The summed E-state index contributed by atoms with van der Waals surface area (Å²) in [6, 6.07) is 20.8. The van der Waals surface area contributed by atoms with Gasteiger partial charge in [-0.3, -0.25) is 0 Å². The van der Waals surface area contributed by atoms with Gasteiger partial charge in [-0.15, -0.1) is 0 Å². The Balaban J connectivity index is 1.85. The minimum absolute atomic E-state index is 0.589. The van der Waals surface area contributed by atoms with E-state index in [0.717, 1.165) is 34.8 Å². The molecule has 0 spiro atoms. The van der Waals surface area contributed by atoms with Crippen LogP contribution in [0, 0.1) is 12.8 Å². The third-order valence-corrected chi connectivity index (χ3v) is 4.72. The summed E-state index contributed by atoms with van der Waals surface area (Å²) >= 11 is 0. The maximum absolute atomic E-state index is 4.88. The molecule has 1 atom stereocenters. The van der Waals surface area contributed by atoms with E-state index in [-0.39, 0.29) is 0 Å². The first kappa shape index (κ1) is 16.5. The Morgan fingerprint density at radius 2 is 1.58 bits per heavy atom.